The number of imide groups is 1. The number of primary amides is 1. The van der Waals surface area contributed by atoms with Gasteiger partial charge in [-0.3, -0.25) is 14.7 Å². The Morgan fingerprint density at radius 2 is 2.15 bits per heavy atom. The fraction of sp³-hybridized carbons (Fsp3) is 0.125. The maximum absolute atomic E-state index is 11.3. The SMILES string of the molecule is CN(C(N)=O)C(=O)c1ccccn1. The molecule has 13 heavy (non-hydrogen) atoms. The largest absolute Gasteiger partial charge is 0.351 e. The third kappa shape index (κ3) is 2.02. The fourth-order valence-electron chi connectivity index (χ4n) is 0.761. The van der Waals surface area contributed by atoms with E-state index in [2.05, 4.69) is 4.98 Å². The number of pyridine rings is 1. The molecule has 5 heteroatoms. The molecule has 0 saturated heterocycles. The van der Waals surface area contributed by atoms with E-state index in [-0.39, 0.29) is 5.69 Å². The van der Waals surface area contributed by atoms with Crippen LogP contribution in [0.3, 0.4) is 0 Å². The van der Waals surface area contributed by atoms with Crippen molar-refractivity contribution in [3.05, 3.63) is 30.1 Å². The average Bonchev–Trinajstić information content (AvgIpc) is 2.17. The van der Waals surface area contributed by atoms with Crippen LogP contribution >= 0.6 is 0 Å². The first kappa shape index (κ1) is 9.18. The Morgan fingerprint density at radius 3 is 2.62 bits per heavy atom. The molecule has 0 saturated carbocycles. The smallest absolute Gasteiger partial charge is 0.321 e. The van der Waals surface area contributed by atoms with Crippen molar-refractivity contribution in [3.63, 3.8) is 0 Å². The van der Waals surface area contributed by atoms with Crippen LogP contribution < -0.4 is 5.73 Å². The van der Waals surface area contributed by atoms with Crippen molar-refractivity contribution in [2.75, 3.05) is 7.05 Å². The molecule has 2 N–H and O–H groups in total. The molecule has 68 valence electrons. The number of aromatic nitrogens is 1. The molecule has 0 bridgehead atoms. The lowest BCUT2D eigenvalue weighted by Gasteiger charge is -2.10. The Kier molecular flexibility index (Phi) is 2.59. The van der Waals surface area contributed by atoms with Gasteiger partial charge in [-0.05, 0) is 12.1 Å². The first-order valence-electron chi connectivity index (χ1n) is 3.61. The van der Waals surface area contributed by atoms with Gasteiger partial charge in [0, 0.05) is 13.2 Å². The van der Waals surface area contributed by atoms with Crippen LogP contribution in [0.5, 0.6) is 0 Å². The molecule has 0 aliphatic carbocycles. The molecule has 1 rings (SSSR count). The van der Waals surface area contributed by atoms with Crippen LogP contribution in [0, 0.1) is 0 Å². The number of nitrogens with two attached hydrogens (primary N) is 1. The third-order valence-electron chi connectivity index (χ3n) is 1.52. The van der Waals surface area contributed by atoms with Crippen molar-refractivity contribution in [1.29, 1.82) is 0 Å². The highest BCUT2D eigenvalue weighted by Gasteiger charge is 2.15. The van der Waals surface area contributed by atoms with Crippen LogP contribution in [-0.2, 0) is 0 Å². The van der Waals surface area contributed by atoms with Gasteiger partial charge in [0.1, 0.15) is 5.69 Å². The molecular weight excluding hydrogens is 170 g/mol. The number of urea groups is 1. The van der Waals surface area contributed by atoms with E-state index >= 15 is 0 Å². The number of carbonyl (C=O) groups excluding carboxylic acids is 2. The Labute approximate surface area is 75.2 Å². The first-order chi connectivity index (χ1) is 6.13. The molecule has 0 aliphatic rings. The highest BCUT2D eigenvalue weighted by Crippen LogP contribution is 1.98. The minimum atomic E-state index is -0.796. The molecule has 1 aromatic heterocycles. The van der Waals surface area contributed by atoms with Crippen LogP contribution in [0.15, 0.2) is 24.4 Å². The van der Waals surface area contributed by atoms with E-state index in [1.807, 2.05) is 0 Å². The average molecular weight is 179 g/mol. The van der Waals surface area contributed by atoms with Crippen molar-refractivity contribution in [3.8, 4) is 0 Å². The molecule has 0 aliphatic heterocycles. The van der Waals surface area contributed by atoms with Crippen molar-refractivity contribution in [2.24, 2.45) is 5.73 Å². The summed E-state index contributed by atoms with van der Waals surface area (Å²) in [6.45, 7) is 0. The van der Waals surface area contributed by atoms with Crippen LogP contribution in [0.1, 0.15) is 10.5 Å². The second-order valence-corrected chi connectivity index (χ2v) is 2.42. The molecule has 0 spiro atoms. The van der Waals surface area contributed by atoms with Gasteiger partial charge in [-0.25, -0.2) is 4.79 Å². The van der Waals surface area contributed by atoms with Crippen LogP contribution in [0.25, 0.3) is 0 Å². The van der Waals surface area contributed by atoms with Crippen molar-refractivity contribution in [1.82, 2.24) is 9.88 Å². The number of hydrogen-bond donors (Lipinski definition) is 1. The predicted molar refractivity (Wildman–Crippen MR) is 45.9 cm³/mol. The molecule has 0 radical (unpaired) electrons. The maximum atomic E-state index is 11.3. The number of rotatable bonds is 1. The summed E-state index contributed by atoms with van der Waals surface area (Å²) in [7, 11) is 1.30. The van der Waals surface area contributed by atoms with E-state index in [4.69, 9.17) is 5.73 Å². The Balaban J connectivity index is 2.86. The highest BCUT2D eigenvalue weighted by molar-refractivity contribution is 6.02. The van der Waals surface area contributed by atoms with Crippen molar-refractivity contribution >= 4 is 11.9 Å². The summed E-state index contributed by atoms with van der Waals surface area (Å²) in [6.07, 6.45) is 1.47. The van der Waals surface area contributed by atoms with E-state index in [0.29, 0.717) is 0 Å². The fourth-order valence-corrected chi connectivity index (χ4v) is 0.761. The standard InChI is InChI=1S/C8H9N3O2/c1-11(8(9)13)7(12)6-4-2-3-5-10-6/h2-5H,1H3,(H2,9,13). The molecule has 1 heterocycles. The third-order valence-corrected chi connectivity index (χ3v) is 1.52. The predicted octanol–water partition coefficient (Wildman–Crippen LogP) is 0.232. The molecule has 0 aromatic carbocycles. The first-order valence-corrected chi connectivity index (χ1v) is 3.61. The molecular formula is C8H9N3O2. The molecule has 0 atom stereocenters. The molecule has 5 nitrogen and oxygen atoms in total. The molecule has 0 unspecified atom stereocenters. The molecule has 1 aromatic rings. The topological polar surface area (TPSA) is 76.3 Å². The van der Waals surface area contributed by atoms with Gasteiger partial charge in [0.2, 0.25) is 0 Å². The molecule has 0 fully saturated rings. The second-order valence-electron chi connectivity index (χ2n) is 2.42. The van der Waals surface area contributed by atoms with Gasteiger partial charge in [0.05, 0.1) is 0 Å². The number of carbonyl (C=O) groups is 2. The Bertz CT molecular complexity index is 323. The van der Waals surface area contributed by atoms with E-state index in [1.165, 1.54) is 19.3 Å². The summed E-state index contributed by atoms with van der Waals surface area (Å²) >= 11 is 0. The van der Waals surface area contributed by atoms with E-state index < -0.39 is 11.9 Å². The zero-order chi connectivity index (χ0) is 9.84. The lowest BCUT2D eigenvalue weighted by Crippen LogP contribution is -2.37. The second kappa shape index (κ2) is 3.66. The maximum Gasteiger partial charge on any atom is 0.321 e. The summed E-state index contributed by atoms with van der Waals surface area (Å²) in [5, 5.41) is 0. The van der Waals surface area contributed by atoms with E-state index in [9.17, 15) is 9.59 Å². The van der Waals surface area contributed by atoms with Crippen LogP contribution in [-0.4, -0.2) is 28.9 Å². The lowest BCUT2D eigenvalue weighted by atomic mass is 10.3. The van der Waals surface area contributed by atoms with Gasteiger partial charge in [0.15, 0.2) is 0 Å². The van der Waals surface area contributed by atoms with Gasteiger partial charge in [-0.2, -0.15) is 0 Å². The molecule has 3 amide bonds. The number of nitrogens with zero attached hydrogens (tertiary/aromatic N) is 2. The summed E-state index contributed by atoms with van der Waals surface area (Å²) in [5.74, 6) is -0.506. The number of amides is 3. The summed E-state index contributed by atoms with van der Waals surface area (Å²) in [4.78, 5) is 26.6. The lowest BCUT2D eigenvalue weighted by molar-refractivity contribution is 0.0832. The number of hydrogen-bond acceptors (Lipinski definition) is 3. The zero-order valence-electron chi connectivity index (χ0n) is 7.10. The summed E-state index contributed by atoms with van der Waals surface area (Å²) < 4.78 is 0. The Hall–Kier alpha value is -1.91. The minimum absolute atomic E-state index is 0.198. The zero-order valence-corrected chi connectivity index (χ0v) is 7.10. The van der Waals surface area contributed by atoms with Crippen LogP contribution in [0.4, 0.5) is 4.79 Å². The van der Waals surface area contributed by atoms with Crippen LogP contribution in [0.2, 0.25) is 0 Å². The minimum Gasteiger partial charge on any atom is -0.351 e. The summed E-state index contributed by atoms with van der Waals surface area (Å²) in [5.41, 5.74) is 5.11. The van der Waals surface area contributed by atoms with Gasteiger partial charge < -0.3 is 5.73 Å². The van der Waals surface area contributed by atoms with E-state index in [1.54, 1.807) is 12.1 Å². The van der Waals surface area contributed by atoms with Crippen molar-refractivity contribution < 1.29 is 9.59 Å². The summed E-state index contributed by atoms with van der Waals surface area (Å²) in [6, 6.07) is 4.06. The van der Waals surface area contributed by atoms with E-state index in [0.717, 1.165) is 4.90 Å². The van der Waals surface area contributed by atoms with Gasteiger partial charge in [-0.15, -0.1) is 0 Å². The van der Waals surface area contributed by atoms with Gasteiger partial charge in [-0.1, -0.05) is 6.07 Å². The normalized spacial score (nSPS) is 9.31. The highest BCUT2D eigenvalue weighted by atomic mass is 16.2. The Morgan fingerprint density at radius 1 is 1.46 bits per heavy atom. The monoisotopic (exact) mass is 179 g/mol. The quantitative estimate of drug-likeness (QED) is 0.670. The van der Waals surface area contributed by atoms with Gasteiger partial charge in [0.25, 0.3) is 5.91 Å². The van der Waals surface area contributed by atoms with Gasteiger partial charge >= 0.3 is 6.03 Å². The van der Waals surface area contributed by atoms with Crippen molar-refractivity contribution in [2.45, 2.75) is 0 Å².